The van der Waals surface area contributed by atoms with Crippen molar-refractivity contribution in [1.29, 1.82) is 0 Å². The molecule has 0 aliphatic carbocycles. The number of aliphatic hydroxyl groups excluding tert-OH is 2. The highest BCUT2D eigenvalue weighted by atomic mass is 16.5. The molecule has 3 atom stereocenters. The van der Waals surface area contributed by atoms with Crippen molar-refractivity contribution >= 4 is 11.9 Å². The molecule has 7 nitrogen and oxygen atoms in total. The standard InChI is InChI=1S/C14H27NO6/c1-9(2)12(18)10(16)6-7-14(20,8-11(17)21-5)13(19)15(3)4/h9-10,12,16,18,20H,6-8H2,1-5H3/t10-,12-,14?/m1/s1. The number of nitrogens with zero attached hydrogens (tertiary/aromatic N) is 1. The zero-order chi connectivity index (χ0) is 16.8. The van der Waals surface area contributed by atoms with Crippen molar-refractivity contribution in [1.82, 2.24) is 4.90 Å². The molecule has 0 spiro atoms. The summed E-state index contributed by atoms with van der Waals surface area (Å²) < 4.78 is 4.49. The minimum Gasteiger partial charge on any atom is -0.469 e. The first-order valence-electron chi connectivity index (χ1n) is 6.92. The van der Waals surface area contributed by atoms with Crippen LogP contribution in [0, 0.1) is 5.92 Å². The first-order chi connectivity index (χ1) is 9.55. The van der Waals surface area contributed by atoms with Crippen LogP contribution >= 0.6 is 0 Å². The van der Waals surface area contributed by atoms with Crippen LogP contribution in [0.1, 0.15) is 33.1 Å². The van der Waals surface area contributed by atoms with E-state index < -0.39 is 36.1 Å². The molecule has 124 valence electrons. The molecule has 21 heavy (non-hydrogen) atoms. The molecule has 0 fully saturated rings. The Morgan fingerprint density at radius 1 is 1.24 bits per heavy atom. The summed E-state index contributed by atoms with van der Waals surface area (Å²) in [5.41, 5.74) is -1.95. The molecular formula is C14H27NO6. The molecule has 0 rings (SSSR count). The minimum absolute atomic E-state index is 0.00752. The van der Waals surface area contributed by atoms with E-state index in [1.807, 2.05) is 0 Å². The van der Waals surface area contributed by atoms with Crippen LogP contribution < -0.4 is 0 Å². The van der Waals surface area contributed by atoms with Gasteiger partial charge in [0.2, 0.25) is 0 Å². The lowest BCUT2D eigenvalue weighted by atomic mass is 9.88. The van der Waals surface area contributed by atoms with Crippen LogP contribution in [0.5, 0.6) is 0 Å². The molecule has 0 aromatic carbocycles. The molecule has 1 unspecified atom stereocenters. The Bertz CT molecular complexity index is 357. The van der Waals surface area contributed by atoms with E-state index in [0.29, 0.717) is 0 Å². The number of rotatable bonds is 8. The van der Waals surface area contributed by atoms with E-state index in [2.05, 4.69) is 4.74 Å². The van der Waals surface area contributed by atoms with Gasteiger partial charge >= 0.3 is 5.97 Å². The molecule has 0 aliphatic heterocycles. The van der Waals surface area contributed by atoms with E-state index in [9.17, 15) is 24.9 Å². The quantitative estimate of drug-likeness (QED) is 0.523. The van der Waals surface area contributed by atoms with Crippen molar-refractivity contribution in [3.63, 3.8) is 0 Å². The molecule has 0 bridgehead atoms. The SMILES string of the molecule is COC(=O)CC(O)(CC[C@@H](O)[C@H](O)C(C)C)C(=O)N(C)C. The Labute approximate surface area is 125 Å². The fourth-order valence-corrected chi connectivity index (χ4v) is 2.00. The van der Waals surface area contributed by atoms with Gasteiger partial charge < -0.3 is 25.0 Å². The number of esters is 1. The van der Waals surface area contributed by atoms with Gasteiger partial charge in [-0.05, 0) is 18.8 Å². The van der Waals surface area contributed by atoms with Crippen LogP contribution in [0.2, 0.25) is 0 Å². The van der Waals surface area contributed by atoms with E-state index in [-0.39, 0.29) is 18.8 Å². The van der Waals surface area contributed by atoms with Gasteiger partial charge in [0.25, 0.3) is 5.91 Å². The summed E-state index contributed by atoms with van der Waals surface area (Å²) in [6.07, 6.45) is -2.69. The van der Waals surface area contributed by atoms with Gasteiger partial charge in [-0.1, -0.05) is 13.8 Å². The molecular weight excluding hydrogens is 278 g/mol. The van der Waals surface area contributed by atoms with Crippen molar-refractivity contribution in [2.45, 2.75) is 50.9 Å². The van der Waals surface area contributed by atoms with Crippen LogP contribution in [0.4, 0.5) is 0 Å². The van der Waals surface area contributed by atoms with Crippen molar-refractivity contribution in [3.8, 4) is 0 Å². The smallest absolute Gasteiger partial charge is 0.308 e. The van der Waals surface area contributed by atoms with Crippen molar-refractivity contribution in [2.24, 2.45) is 5.92 Å². The molecule has 0 aromatic heterocycles. The second kappa shape index (κ2) is 8.31. The van der Waals surface area contributed by atoms with Gasteiger partial charge in [0.05, 0.1) is 25.7 Å². The van der Waals surface area contributed by atoms with Gasteiger partial charge in [-0.3, -0.25) is 9.59 Å². The summed E-state index contributed by atoms with van der Waals surface area (Å²) in [6, 6.07) is 0. The Balaban J connectivity index is 4.91. The highest BCUT2D eigenvalue weighted by Gasteiger charge is 2.40. The largest absolute Gasteiger partial charge is 0.469 e. The fraction of sp³-hybridized carbons (Fsp3) is 0.857. The van der Waals surface area contributed by atoms with Gasteiger partial charge in [-0.25, -0.2) is 0 Å². The predicted octanol–water partition coefficient (Wildman–Crippen LogP) is -0.473. The normalized spacial score (nSPS) is 17.0. The van der Waals surface area contributed by atoms with E-state index in [4.69, 9.17) is 0 Å². The third-order valence-electron chi connectivity index (χ3n) is 3.40. The Morgan fingerprint density at radius 3 is 2.14 bits per heavy atom. The van der Waals surface area contributed by atoms with E-state index in [0.717, 1.165) is 0 Å². The first kappa shape index (κ1) is 19.8. The number of carbonyl (C=O) groups excluding carboxylic acids is 2. The van der Waals surface area contributed by atoms with Crippen LogP contribution in [-0.2, 0) is 14.3 Å². The second-order valence-electron chi connectivity index (χ2n) is 5.82. The van der Waals surface area contributed by atoms with Gasteiger partial charge in [0, 0.05) is 14.1 Å². The number of methoxy groups -OCH3 is 1. The summed E-state index contributed by atoms with van der Waals surface area (Å²) in [5, 5.41) is 30.0. The highest BCUT2D eigenvalue weighted by molar-refractivity contribution is 5.89. The zero-order valence-electron chi connectivity index (χ0n) is 13.4. The molecule has 0 saturated heterocycles. The van der Waals surface area contributed by atoms with E-state index >= 15 is 0 Å². The van der Waals surface area contributed by atoms with Gasteiger partial charge in [0.15, 0.2) is 5.60 Å². The molecule has 0 aromatic rings. The van der Waals surface area contributed by atoms with E-state index in [1.54, 1.807) is 13.8 Å². The third kappa shape index (κ3) is 5.99. The minimum atomic E-state index is -1.95. The number of hydrogen-bond acceptors (Lipinski definition) is 6. The topological polar surface area (TPSA) is 107 Å². The average molecular weight is 305 g/mol. The van der Waals surface area contributed by atoms with Crippen molar-refractivity contribution in [3.05, 3.63) is 0 Å². The number of aliphatic hydroxyl groups is 3. The predicted molar refractivity (Wildman–Crippen MR) is 76.4 cm³/mol. The van der Waals surface area contributed by atoms with Crippen LogP contribution in [0.3, 0.4) is 0 Å². The monoisotopic (exact) mass is 305 g/mol. The second-order valence-corrected chi connectivity index (χ2v) is 5.82. The summed E-state index contributed by atoms with van der Waals surface area (Å²) in [6.45, 7) is 3.50. The summed E-state index contributed by atoms with van der Waals surface area (Å²) in [5.74, 6) is -1.51. The highest BCUT2D eigenvalue weighted by Crippen LogP contribution is 2.23. The average Bonchev–Trinajstić information content (AvgIpc) is 2.42. The number of likely N-dealkylation sites (N-methyl/N-ethyl adjacent to an activating group) is 1. The maximum Gasteiger partial charge on any atom is 0.308 e. The Morgan fingerprint density at radius 2 is 1.76 bits per heavy atom. The molecule has 0 aliphatic rings. The fourth-order valence-electron chi connectivity index (χ4n) is 2.00. The van der Waals surface area contributed by atoms with Gasteiger partial charge in [-0.15, -0.1) is 0 Å². The van der Waals surface area contributed by atoms with Crippen LogP contribution in [0.15, 0.2) is 0 Å². The summed E-state index contributed by atoms with van der Waals surface area (Å²) in [7, 11) is 4.09. The maximum atomic E-state index is 12.1. The Hall–Kier alpha value is -1.18. The Kier molecular flexibility index (Phi) is 7.84. The maximum absolute atomic E-state index is 12.1. The number of carbonyl (C=O) groups is 2. The van der Waals surface area contributed by atoms with E-state index in [1.165, 1.54) is 26.1 Å². The lowest BCUT2D eigenvalue weighted by Crippen LogP contribution is -2.48. The molecule has 0 heterocycles. The lowest BCUT2D eigenvalue weighted by molar-refractivity contribution is -0.161. The lowest BCUT2D eigenvalue weighted by Gasteiger charge is -2.30. The third-order valence-corrected chi connectivity index (χ3v) is 3.40. The number of hydrogen-bond donors (Lipinski definition) is 3. The first-order valence-corrected chi connectivity index (χ1v) is 6.92. The zero-order valence-corrected chi connectivity index (χ0v) is 13.4. The number of amides is 1. The molecule has 1 amide bonds. The van der Waals surface area contributed by atoms with Crippen LogP contribution in [0.25, 0.3) is 0 Å². The van der Waals surface area contributed by atoms with Crippen molar-refractivity contribution < 1.29 is 29.6 Å². The molecule has 0 radical (unpaired) electrons. The molecule has 0 saturated carbocycles. The van der Waals surface area contributed by atoms with Gasteiger partial charge in [0.1, 0.15) is 0 Å². The number of ether oxygens (including phenoxy) is 1. The van der Waals surface area contributed by atoms with Crippen LogP contribution in [-0.4, -0.2) is 71.1 Å². The summed E-state index contributed by atoms with van der Waals surface area (Å²) in [4.78, 5) is 24.6. The van der Waals surface area contributed by atoms with Crippen molar-refractivity contribution in [2.75, 3.05) is 21.2 Å². The van der Waals surface area contributed by atoms with Gasteiger partial charge in [-0.2, -0.15) is 0 Å². The molecule has 7 heteroatoms. The molecule has 3 N–H and O–H groups in total. The summed E-state index contributed by atoms with van der Waals surface area (Å²) >= 11 is 0.